The van der Waals surface area contributed by atoms with Gasteiger partial charge in [-0.15, -0.1) is 0 Å². The Bertz CT molecular complexity index is 163. The molecule has 14 heavy (non-hydrogen) atoms. The Balaban J connectivity index is 1.62. The zero-order valence-electron chi connectivity index (χ0n) is 9.46. The maximum absolute atomic E-state index is 3.80. The highest BCUT2D eigenvalue weighted by atomic mass is 32.2. The molecule has 82 valence electrons. The minimum absolute atomic E-state index is 0.821. The van der Waals surface area contributed by atoms with E-state index in [1.54, 1.807) is 0 Å². The van der Waals surface area contributed by atoms with E-state index in [-0.39, 0.29) is 0 Å². The van der Waals surface area contributed by atoms with Crippen LogP contribution < -0.4 is 5.32 Å². The van der Waals surface area contributed by atoms with Crippen molar-refractivity contribution in [2.24, 2.45) is 11.8 Å². The highest BCUT2D eigenvalue weighted by Crippen LogP contribution is 2.44. The van der Waals surface area contributed by atoms with Gasteiger partial charge in [0.25, 0.3) is 0 Å². The van der Waals surface area contributed by atoms with Crippen molar-refractivity contribution in [2.45, 2.75) is 50.3 Å². The molecule has 0 aromatic carbocycles. The van der Waals surface area contributed by atoms with Gasteiger partial charge in [0.1, 0.15) is 0 Å². The first-order valence-electron chi connectivity index (χ1n) is 6.07. The molecule has 2 rings (SSSR count). The van der Waals surface area contributed by atoms with Gasteiger partial charge >= 0.3 is 0 Å². The van der Waals surface area contributed by atoms with Crippen LogP contribution in [0.5, 0.6) is 0 Å². The van der Waals surface area contributed by atoms with Gasteiger partial charge in [0.15, 0.2) is 0 Å². The van der Waals surface area contributed by atoms with Gasteiger partial charge in [0.05, 0.1) is 0 Å². The van der Waals surface area contributed by atoms with Gasteiger partial charge in [0.2, 0.25) is 0 Å². The molecular weight excluding hydrogens is 190 g/mol. The Labute approximate surface area is 92.4 Å². The highest BCUT2D eigenvalue weighted by molar-refractivity contribution is 7.99. The zero-order valence-corrected chi connectivity index (χ0v) is 10.3. The number of thioether (sulfide) groups is 1. The summed E-state index contributed by atoms with van der Waals surface area (Å²) in [6, 6.07) is 0.893. The Morgan fingerprint density at radius 2 is 1.79 bits per heavy atom. The maximum Gasteiger partial charge on any atom is 0.0124 e. The van der Waals surface area contributed by atoms with Crippen molar-refractivity contribution in [3.63, 3.8) is 0 Å². The average molecular weight is 213 g/mol. The molecule has 2 aliphatic rings. The van der Waals surface area contributed by atoms with E-state index in [9.17, 15) is 0 Å². The molecule has 0 aromatic rings. The quantitative estimate of drug-likeness (QED) is 0.698. The SMILES string of the molecule is CSC(C)CCNC(C1CC1)C1CC1. The van der Waals surface area contributed by atoms with Crippen molar-refractivity contribution in [3.05, 3.63) is 0 Å². The normalized spacial score (nSPS) is 24.2. The van der Waals surface area contributed by atoms with Crippen LogP contribution in [0.3, 0.4) is 0 Å². The van der Waals surface area contributed by atoms with Crippen LogP contribution in [0.2, 0.25) is 0 Å². The minimum atomic E-state index is 0.821. The summed E-state index contributed by atoms with van der Waals surface area (Å²) >= 11 is 1.98. The van der Waals surface area contributed by atoms with Crippen molar-refractivity contribution in [1.82, 2.24) is 5.32 Å². The molecule has 0 spiro atoms. The lowest BCUT2D eigenvalue weighted by atomic mass is 10.1. The van der Waals surface area contributed by atoms with Crippen LogP contribution in [0.15, 0.2) is 0 Å². The fraction of sp³-hybridized carbons (Fsp3) is 1.00. The van der Waals surface area contributed by atoms with E-state index in [4.69, 9.17) is 0 Å². The van der Waals surface area contributed by atoms with Crippen LogP contribution in [0.4, 0.5) is 0 Å². The molecule has 2 fully saturated rings. The standard InChI is InChI=1S/C12H23NS/c1-9(14-2)7-8-13-12(10-3-4-10)11-5-6-11/h9-13H,3-8H2,1-2H3. The number of hydrogen-bond donors (Lipinski definition) is 1. The third-order valence-corrected chi connectivity index (χ3v) is 4.63. The van der Waals surface area contributed by atoms with E-state index >= 15 is 0 Å². The van der Waals surface area contributed by atoms with Crippen LogP contribution in [0, 0.1) is 11.8 Å². The van der Waals surface area contributed by atoms with E-state index in [0.29, 0.717) is 0 Å². The first-order chi connectivity index (χ1) is 6.81. The van der Waals surface area contributed by atoms with Crippen LogP contribution in [0.25, 0.3) is 0 Å². The molecule has 0 saturated heterocycles. The molecule has 0 heterocycles. The zero-order chi connectivity index (χ0) is 9.97. The van der Waals surface area contributed by atoms with Crippen molar-refractivity contribution in [3.8, 4) is 0 Å². The average Bonchev–Trinajstić information content (AvgIpc) is 3.03. The molecule has 0 radical (unpaired) electrons. The Kier molecular flexibility index (Phi) is 3.78. The van der Waals surface area contributed by atoms with Gasteiger partial charge in [-0.2, -0.15) is 11.8 Å². The molecule has 1 N–H and O–H groups in total. The molecule has 2 aliphatic carbocycles. The van der Waals surface area contributed by atoms with E-state index in [2.05, 4.69) is 18.5 Å². The van der Waals surface area contributed by atoms with E-state index in [1.165, 1.54) is 38.6 Å². The largest absolute Gasteiger partial charge is 0.313 e. The van der Waals surface area contributed by atoms with Crippen LogP contribution in [-0.4, -0.2) is 24.1 Å². The Morgan fingerprint density at radius 3 is 2.21 bits per heavy atom. The summed E-state index contributed by atoms with van der Waals surface area (Å²) < 4.78 is 0. The highest BCUT2D eigenvalue weighted by Gasteiger charge is 2.40. The smallest absolute Gasteiger partial charge is 0.0124 e. The molecule has 0 aromatic heterocycles. The number of rotatable bonds is 7. The van der Waals surface area contributed by atoms with Gasteiger partial charge < -0.3 is 5.32 Å². The predicted octanol–water partition coefficient (Wildman–Crippen LogP) is 2.91. The van der Waals surface area contributed by atoms with Gasteiger partial charge in [-0.05, 0) is 56.7 Å². The molecule has 0 bridgehead atoms. The van der Waals surface area contributed by atoms with Crippen LogP contribution in [-0.2, 0) is 0 Å². The van der Waals surface area contributed by atoms with Crippen molar-refractivity contribution < 1.29 is 0 Å². The Morgan fingerprint density at radius 1 is 1.21 bits per heavy atom. The summed E-state index contributed by atoms with van der Waals surface area (Å²) in [7, 11) is 0. The second-order valence-electron chi connectivity index (χ2n) is 4.99. The second-order valence-corrected chi connectivity index (χ2v) is 6.27. The van der Waals surface area contributed by atoms with Crippen molar-refractivity contribution >= 4 is 11.8 Å². The molecule has 1 unspecified atom stereocenters. The molecule has 1 atom stereocenters. The Hall–Kier alpha value is 0.310. The van der Waals surface area contributed by atoms with Gasteiger partial charge in [-0.1, -0.05) is 6.92 Å². The van der Waals surface area contributed by atoms with Crippen LogP contribution in [0.1, 0.15) is 39.0 Å². The monoisotopic (exact) mass is 213 g/mol. The topological polar surface area (TPSA) is 12.0 Å². The van der Waals surface area contributed by atoms with Crippen LogP contribution >= 0.6 is 11.8 Å². The third kappa shape index (κ3) is 3.16. The van der Waals surface area contributed by atoms with E-state index < -0.39 is 0 Å². The summed E-state index contributed by atoms with van der Waals surface area (Å²) in [4.78, 5) is 0. The lowest BCUT2D eigenvalue weighted by molar-refractivity contribution is 0.414. The molecular formula is C12H23NS. The van der Waals surface area contributed by atoms with Crippen molar-refractivity contribution in [1.29, 1.82) is 0 Å². The van der Waals surface area contributed by atoms with E-state index in [0.717, 1.165) is 23.1 Å². The fourth-order valence-electron chi connectivity index (χ4n) is 2.20. The number of nitrogens with one attached hydrogen (secondary N) is 1. The first-order valence-corrected chi connectivity index (χ1v) is 7.36. The first kappa shape index (κ1) is 10.8. The summed E-state index contributed by atoms with van der Waals surface area (Å²) in [6.07, 6.45) is 9.51. The maximum atomic E-state index is 3.80. The van der Waals surface area contributed by atoms with Gasteiger partial charge in [-0.25, -0.2) is 0 Å². The lowest BCUT2D eigenvalue weighted by Crippen LogP contribution is -2.34. The van der Waals surface area contributed by atoms with E-state index in [1.807, 2.05) is 11.8 Å². The van der Waals surface area contributed by atoms with Crippen molar-refractivity contribution in [2.75, 3.05) is 12.8 Å². The number of hydrogen-bond acceptors (Lipinski definition) is 2. The second kappa shape index (κ2) is 4.89. The lowest BCUT2D eigenvalue weighted by Gasteiger charge is -2.18. The van der Waals surface area contributed by atoms with Gasteiger partial charge in [-0.3, -0.25) is 0 Å². The molecule has 0 amide bonds. The summed E-state index contributed by atoms with van der Waals surface area (Å²) in [5.41, 5.74) is 0. The fourth-order valence-corrected chi connectivity index (χ4v) is 2.55. The molecule has 2 saturated carbocycles. The third-order valence-electron chi connectivity index (χ3n) is 3.59. The molecule has 2 heteroatoms. The molecule has 1 nitrogen and oxygen atoms in total. The molecule has 0 aliphatic heterocycles. The summed E-state index contributed by atoms with van der Waals surface area (Å²) in [5, 5.41) is 4.62. The summed E-state index contributed by atoms with van der Waals surface area (Å²) in [6.45, 7) is 3.56. The minimum Gasteiger partial charge on any atom is -0.313 e. The predicted molar refractivity (Wildman–Crippen MR) is 64.8 cm³/mol. The van der Waals surface area contributed by atoms with Gasteiger partial charge in [0, 0.05) is 11.3 Å². The summed E-state index contributed by atoms with van der Waals surface area (Å²) in [5.74, 6) is 2.10.